The highest BCUT2D eigenvalue weighted by Crippen LogP contribution is 2.41. The van der Waals surface area contributed by atoms with E-state index in [-0.39, 0.29) is 17.6 Å². The van der Waals surface area contributed by atoms with Crippen LogP contribution < -0.4 is 10.1 Å². The van der Waals surface area contributed by atoms with Crippen LogP contribution in [0.3, 0.4) is 0 Å². The van der Waals surface area contributed by atoms with Gasteiger partial charge in [0.1, 0.15) is 11.8 Å². The Balaban J connectivity index is 1.97. The highest BCUT2D eigenvalue weighted by Gasteiger charge is 2.20. The molecule has 0 radical (unpaired) electrons. The number of pyridine rings is 2. The lowest BCUT2D eigenvalue weighted by atomic mass is 10.0. The Morgan fingerprint density at radius 3 is 2.36 bits per heavy atom. The van der Waals surface area contributed by atoms with Crippen molar-refractivity contribution in [2.24, 2.45) is 0 Å². The molecule has 1 amide bonds. The molecule has 33 heavy (non-hydrogen) atoms. The van der Waals surface area contributed by atoms with E-state index in [1.807, 2.05) is 32.9 Å². The van der Waals surface area contributed by atoms with Gasteiger partial charge in [0.05, 0.1) is 33.4 Å². The number of methoxy groups -OCH3 is 1. The van der Waals surface area contributed by atoms with E-state index in [0.717, 1.165) is 0 Å². The lowest BCUT2D eigenvalue weighted by Crippen LogP contribution is -2.40. The third kappa shape index (κ3) is 6.01. The molecular formula is C23H21Cl4N3O3. The minimum absolute atomic E-state index is 0.115. The van der Waals surface area contributed by atoms with Gasteiger partial charge >= 0.3 is 6.09 Å². The van der Waals surface area contributed by atoms with E-state index in [4.69, 9.17) is 55.9 Å². The minimum atomic E-state index is -0.576. The van der Waals surface area contributed by atoms with Crippen molar-refractivity contribution < 1.29 is 14.3 Å². The summed E-state index contributed by atoms with van der Waals surface area (Å²) in [7, 11) is 1.46. The molecule has 2 aromatic heterocycles. The molecule has 2 heterocycles. The summed E-state index contributed by atoms with van der Waals surface area (Å²) in [5.41, 5.74) is 2.38. The molecule has 0 aliphatic rings. The van der Waals surface area contributed by atoms with Crippen molar-refractivity contribution in [3.05, 3.63) is 62.3 Å². The van der Waals surface area contributed by atoms with Gasteiger partial charge in [0, 0.05) is 28.4 Å². The number of rotatable bonds is 5. The fraction of sp³-hybridized carbons (Fsp3) is 0.261. The first-order chi connectivity index (χ1) is 15.5. The average Bonchev–Trinajstić information content (AvgIpc) is 2.73. The van der Waals surface area contributed by atoms with Crippen LogP contribution in [-0.2, 0) is 11.3 Å². The molecule has 1 aromatic carbocycles. The van der Waals surface area contributed by atoms with E-state index in [9.17, 15) is 4.79 Å². The summed E-state index contributed by atoms with van der Waals surface area (Å²) in [6.07, 6.45) is 0.975. The van der Waals surface area contributed by atoms with Gasteiger partial charge in [0.15, 0.2) is 0 Å². The summed E-state index contributed by atoms with van der Waals surface area (Å²) in [6.45, 7) is 5.44. The van der Waals surface area contributed by atoms with Gasteiger partial charge in [-0.3, -0.25) is 0 Å². The van der Waals surface area contributed by atoms with Crippen molar-refractivity contribution in [1.82, 2.24) is 15.3 Å². The largest absolute Gasteiger partial charge is 0.481 e. The van der Waals surface area contributed by atoms with Crippen LogP contribution in [0.1, 0.15) is 26.3 Å². The second-order valence-corrected chi connectivity index (χ2v) is 9.58. The molecule has 0 aliphatic heterocycles. The van der Waals surface area contributed by atoms with Gasteiger partial charge in [-0.2, -0.15) is 0 Å². The Morgan fingerprint density at radius 2 is 1.70 bits per heavy atom. The number of alkyl carbamates (subject to hydrolysis) is 1. The smallest absolute Gasteiger partial charge is 0.407 e. The first kappa shape index (κ1) is 25.4. The van der Waals surface area contributed by atoms with Gasteiger partial charge in [-0.1, -0.05) is 64.6 Å². The zero-order chi connectivity index (χ0) is 24.3. The molecule has 1 N–H and O–H groups in total. The van der Waals surface area contributed by atoms with Crippen LogP contribution in [-0.4, -0.2) is 28.7 Å². The first-order valence-corrected chi connectivity index (χ1v) is 11.3. The van der Waals surface area contributed by atoms with E-state index < -0.39 is 11.6 Å². The zero-order valence-electron chi connectivity index (χ0n) is 18.3. The van der Waals surface area contributed by atoms with Crippen LogP contribution in [0.25, 0.3) is 22.4 Å². The van der Waals surface area contributed by atoms with E-state index in [1.54, 1.807) is 24.4 Å². The molecule has 10 heteroatoms. The normalized spacial score (nSPS) is 11.3. The zero-order valence-corrected chi connectivity index (χ0v) is 21.3. The molecule has 0 spiro atoms. The summed E-state index contributed by atoms with van der Waals surface area (Å²) in [5.74, 6) is 0.215. The quantitative estimate of drug-likeness (QED) is 0.348. The standard InChI is InChI=1S/C23H21Cl4N3O3/c1-23(2,3)30-22(31)33-11-15-16(24)10-17(29-21(15)32-4)14-7-5-6-12(18(14)25)13-8-9-28-20(27)19(13)26/h5-10H,11H2,1-4H3,(H,30,31). The molecule has 174 valence electrons. The maximum absolute atomic E-state index is 12.0. The maximum atomic E-state index is 12.0. The Morgan fingerprint density at radius 1 is 1.03 bits per heavy atom. The van der Waals surface area contributed by atoms with Crippen LogP contribution in [0.5, 0.6) is 5.88 Å². The summed E-state index contributed by atoms with van der Waals surface area (Å²) in [5, 5.41) is 3.90. The van der Waals surface area contributed by atoms with Gasteiger partial charge in [0.2, 0.25) is 5.88 Å². The van der Waals surface area contributed by atoms with Crippen molar-refractivity contribution in [2.75, 3.05) is 7.11 Å². The third-order valence-electron chi connectivity index (χ3n) is 4.46. The molecule has 0 fully saturated rings. The molecule has 3 rings (SSSR count). The first-order valence-electron chi connectivity index (χ1n) is 9.79. The Labute approximate surface area is 212 Å². The molecule has 6 nitrogen and oxygen atoms in total. The summed E-state index contributed by atoms with van der Waals surface area (Å²) >= 11 is 25.6. The number of benzene rings is 1. The number of hydrogen-bond acceptors (Lipinski definition) is 5. The van der Waals surface area contributed by atoms with Gasteiger partial charge in [0.25, 0.3) is 0 Å². The monoisotopic (exact) mass is 527 g/mol. The van der Waals surface area contributed by atoms with Gasteiger partial charge in [-0.05, 0) is 32.9 Å². The Bertz CT molecular complexity index is 1200. The fourth-order valence-electron chi connectivity index (χ4n) is 3.00. The van der Waals surface area contributed by atoms with Crippen LogP contribution >= 0.6 is 46.4 Å². The van der Waals surface area contributed by atoms with Gasteiger partial charge in [-0.25, -0.2) is 14.8 Å². The lowest BCUT2D eigenvalue weighted by molar-refractivity contribution is 0.130. The number of halogens is 4. The molecule has 0 saturated carbocycles. The number of amides is 1. The predicted molar refractivity (Wildman–Crippen MR) is 133 cm³/mol. The van der Waals surface area contributed by atoms with Crippen LogP contribution in [0.4, 0.5) is 4.79 Å². The average molecular weight is 529 g/mol. The molecule has 3 aromatic rings. The molecule has 0 atom stereocenters. The number of nitrogens with zero attached hydrogens (tertiary/aromatic N) is 2. The number of hydrogen-bond donors (Lipinski definition) is 1. The third-order valence-corrected chi connectivity index (χ3v) is 5.97. The van der Waals surface area contributed by atoms with Crippen LogP contribution in [0.2, 0.25) is 20.2 Å². The number of ether oxygens (including phenoxy) is 2. The second-order valence-electron chi connectivity index (χ2n) is 8.06. The van der Waals surface area contributed by atoms with Crippen molar-refractivity contribution in [3.63, 3.8) is 0 Å². The Kier molecular flexibility index (Phi) is 7.96. The summed E-state index contributed by atoms with van der Waals surface area (Å²) in [4.78, 5) is 20.5. The highest BCUT2D eigenvalue weighted by atomic mass is 35.5. The van der Waals surface area contributed by atoms with Crippen LogP contribution in [0, 0.1) is 0 Å². The molecule has 0 bridgehead atoms. The highest BCUT2D eigenvalue weighted by molar-refractivity contribution is 6.44. The predicted octanol–water partition coefficient (Wildman–Crippen LogP) is 7.46. The fourth-order valence-corrected chi connectivity index (χ4v) is 3.94. The Hall–Kier alpha value is -2.25. The molecule has 0 saturated heterocycles. The molecular weight excluding hydrogens is 508 g/mol. The van der Waals surface area contributed by atoms with E-state index >= 15 is 0 Å². The number of nitrogens with one attached hydrogen (secondary N) is 1. The second kappa shape index (κ2) is 10.3. The van der Waals surface area contributed by atoms with E-state index in [0.29, 0.717) is 43.0 Å². The lowest BCUT2D eigenvalue weighted by Gasteiger charge is -2.20. The van der Waals surface area contributed by atoms with Crippen LogP contribution in [0.15, 0.2) is 36.5 Å². The maximum Gasteiger partial charge on any atom is 0.407 e. The molecule has 0 unspecified atom stereocenters. The van der Waals surface area contributed by atoms with Crippen molar-refractivity contribution in [1.29, 1.82) is 0 Å². The topological polar surface area (TPSA) is 73.3 Å². The van der Waals surface area contributed by atoms with E-state index in [1.165, 1.54) is 7.11 Å². The van der Waals surface area contributed by atoms with E-state index in [2.05, 4.69) is 15.3 Å². The van der Waals surface area contributed by atoms with Crippen molar-refractivity contribution in [2.45, 2.75) is 32.9 Å². The van der Waals surface area contributed by atoms with Gasteiger partial charge < -0.3 is 14.8 Å². The minimum Gasteiger partial charge on any atom is -0.481 e. The number of carbonyl (C=O) groups is 1. The van der Waals surface area contributed by atoms with Gasteiger partial charge in [-0.15, -0.1) is 0 Å². The summed E-state index contributed by atoms with van der Waals surface area (Å²) in [6, 6.07) is 8.79. The molecule has 0 aliphatic carbocycles. The summed E-state index contributed by atoms with van der Waals surface area (Å²) < 4.78 is 10.7. The SMILES string of the molecule is COc1nc(-c2cccc(-c3ccnc(Cl)c3Cl)c2Cl)cc(Cl)c1COC(=O)NC(C)(C)C. The number of carbonyl (C=O) groups excluding carboxylic acids is 1. The number of aromatic nitrogens is 2. The van der Waals surface area contributed by atoms with Crippen molar-refractivity contribution in [3.8, 4) is 28.3 Å². The van der Waals surface area contributed by atoms with Crippen molar-refractivity contribution >= 4 is 52.5 Å².